The van der Waals surface area contributed by atoms with E-state index in [0.717, 1.165) is 12.8 Å². The summed E-state index contributed by atoms with van der Waals surface area (Å²) in [5, 5.41) is 11.0. The molecule has 0 bridgehead atoms. The Labute approximate surface area is 53.5 Å². The molecule has 1 atom stereocenters. The van der Waals surface area contributed by atoms with Crippen molar-refractivity contribution in [2.24, 2.45) is 22.5 Å². The van der Waals surface area contributed by atoms with Crippen molar-refractivity contribution in [3.8, 4) is 0 Å². The molecule has 0 aromatic rings. The smallest absolute Gasteiger partial charge is 0.156 e. The molecule has 0 aromatic heterocycles. The largest absolute Gasteiger partial charge is 0.409 e. The third kappa shape index (κ3) is 1.32. The first-order valence-corrected chi connectivity index (χ1v) is 2.98. The Morgan fingerprint density at radius 3 is 2.56 bits per heavy atom. The molecular weight excluding hydrogens is 118 g/mol. The Kier molecular flexibility index (Phi) is 1.57. The maximum Gasteiger partial charge on any atom is 0.156 e. The topological polar surface area (TPSA) is 84.6 Å². The molecule has 1 rings (SSSR count). The molecule has 1 aliphatic carbocycles. The maximum atomic E-state index is 8.16. The molecular formula is C5H11N3O. The van der Waals surface area contributed by atoms with Gasteiger partial charge >= 0.3 is 0 Å². The Morgan fingerprint density at radius 2 is 2.22 bits per heavy atom. The van der Waals surface area contributed by atoms with E-state index in [1.807, 2.05) is 0 Å². The summed E-state index contributed by atoms with van der Waals surface area (Å²) in [7, 11) is 0. The highest BCUT2D eigenvalue weighted by Gasteiger charge is 2.30. The molecule has 0 saturated heterocycles. The highest BCUT2D eigenvalue weighted by molar-refractivity contribution is 5.85. The number of oxime groups is 1. The van der Waals surface area contributed by atoms with E-state index < -0.39 is 0 Å². The molecule has 4 nitrogen and oxygen atoms in total. The number of amidine groups is 1. The zero-order chi connectivity index (χ0) is 6.85. The predicted octanol–water partition coefficient (Wildman–Crippen LogP) is -0.530. The van der Waals surface area contributed by atoms with Gasteiger partial charge in [-0.15, -0.1) is 0 Å². The van der Waals surface area contributed by atoms with Crippen molar-refractivity contribution in [1.29, 1.82) is 0 Å². The normalized spacial score (nSPS) is 23.9. The standard InChI is InChI=1S/C5H11N3O/c6-4(3-1-2-3)5(7)8-9/h3-4,9H,1-2,6H2,(H2,7,8). The lowest BCUT2D eigenvalue weighted by molar-refractivity contribution is 0.315. The number of hydrogen-bond acceptors (Lipinski definition) is 3. The molecule has 0 spiro atoms. The predicted molar refractivity (Wildman–Crippen MR) is 34.1 cm³/mol. The first-order chi connectivity index (χ1) is 4.25. The lowest BCUT2D eigenvalue weighted by Crippen LogP contribution is -2.38. The fourth-order valence-corrected chi connectivity index (χ4v) is 0.764. The minimum atomic E-state index is -0.227. The quantitative estimate of drug-likeness (QED) is 0.203. The molecule has 0 radical (unpaired) electrons. The van der Waals surface area contributed by atoms with Crippen LogP contribution in [0.5, 0.6) is 0 Å². The van der Waals surface area contributed by atoms with Crippen LogP contribution in [0.4, 0.5) is 0 Å². The van der Waals surface area contributed by atoms with Gasteiger partial charge < -0.3 is 16.7 Å². The third-order valence-electron chi connectivity index (χ3n) is 1.59. The molecule has 0 amide bonds. The molecule has 52 valence electrons. The Balaban J connectivity index is 2.40. The molecule has 1 saturated carbocycles. The molecule has 0 heterocycles. The fraction of sp³-hybridized carbons (Fsp3) is 0.800. The van der Waals surface area contributed by atoms with Gasteiger partial charge in [-0.2, -0.15) is 0 Å². The van der Waals surface area contributed by atoms with Gasteiger partial charge in [-0.3, -0.25) is 0 Å². The van der Waals surface area contributed by atoms with E-state index in [0.29, 0.717) is 5.92 Å². The van der Waals surface area contributed by atoms with Gasteiger partial charge in [-0.05, 0) is 18.8 Å². The molecule has 1 aliphatic rings. The lowest BCUT2D eigenvalue weighted by Gasteiger charge is -2.05. The summed E-state index contributed by atoms with van der Waals surface area (Å²) >= 11 is 0. The number of rotatable bonds is 2. The van der Waals surface area contributed by atoms with Gasteiger partial charge in [0.1, 0.15) is 0 Å². The van der Waals surface area contributed by atoms with Crippen molar-refractivity contribution in [1.82, 2.24) is 0 Å². The Hall–Kier alpha value is -0.770. The van der Waals surface area contributed by atoms with Gasteiger partial charge in [-0.1, -0.05) is 5.16 Å². The van der Waals surface area contributed by atoms with Crippen LogP contribution >= 0.6 is 0 Å². The van der Waals surface area contributed by atoms with Gasteiger partial charge in [0, 0.05) is 0 Å². The zero-order valence-electron chi connectivity index (χ0n) is 5.12. The van der Waals surface area contributed by atoms with Crippen molar-refractivity contribution < 1.29 is 5.21 Å². The first-order valence-electron chi connectivity index (χ1n) is 2.98. The summed E-state index contributed by atoms with van der Waals surface area (Å²) in [6.07, 6.45) is 2.22. The lowest BCUT2D eigenvalue weighted by atomic mass is 10.2. The fourth-order valence-electron chi connectivity index (χ4n) is 0.764. The van der Waals surface area contributed by atoms with Crippen molar-refractivity contribution in [3.63, 3.8) is 0 Å². The minimum absolute atomic E-state index is 0.150. The number of hydrogen-bond donors (Lipinski definition) is 3. The summed E-state index contributed by atoms with van der Waals surface area (Å²) in [6.45, 7) is 0. The second-order valence-electron chi connectivity index (χ2n) is 2.39. The monoisotopic (exact) mass is 129 g/mol. The van der Waals surface area contributed by atoms with E-state index in [9.17, 15) is 0 Å². The maximum absolute atomic E-state index is 8.16. The molecule has 9 heavy (non-hydrogen) atoms. The van der Waals surface area contributed by atoms with Crippen LogP contribution in [0.25, 0.3) is 0 Å². The van der Waals surface area contributed by atoms with E-state index in [2.05, 4.69) is 5.16 Å². The van der Waals surface area contributed by atoms with E-state index >= 15 is 0 Å². The zero-order valence-corrected chi connectivity index (χ0v) is 5.12. The van der Waals surface area contributed by atoms with Gasteiger partial charge in [0.2, 0.25) is 0 Å². The number of nitrogens with two attached hydrogens (primary N) is 2. The summed E-state index contributed by atoms with van der Waals surface area (Å²) in [5.74, 6) is 0.610. The highest BCUT2D eigenvalue weighted by Crippen LogP contribution is 2.31. The second-order valence-corrected chi connectivity index (χ2v) is 2.39. The Morgan fingerprint density at radius 1 is 1.67 bits per heavy atom. The summed E-state index contributed by atoms with van der Waals surface area (Å²) < 4.78 is 0. The van der Waals surface area contributed by atoms with Crippen LogP contribution < -0.4 is 11.5 Å². The molecule has 5 N–H and O–H groups in total. The van der Waals surface area contributed by atoms with Crippen LogP contribution in [-0.2, 0) is 0 Å². The van der Waals surface area contributed by atoms with E-state index in [1.165, 1.54) is 0 Å². The van der Waals surface area contributed by atoms with Gasteiger partial charge in [0.15, 0.2) is 5.84 Å². The number of nitrogens with zero attached hydrogens (tertiary/aromatic N) is 1. The van der Waals surface area contributed by atoms with Crippen molar-refractivity contribution >= 4 is 5.84 Å². The average molecular weight is 129 g/mol. The third-order valence-corrected chi connectivity index (χ3v) is 1.59. The van der Waals surface area contributed by atoms with Crippen molar-refractivity contribution in [2.75, 3.05) is 0 Å². The summed E-state index contributed by atoms with van der Waals surface area (Å²) in [4.78, 5) is 0. The molecule has 4 heteroatoms. The first kappa shape index (κ1) is 6.35. The van der Waals surface area contributed by atoms with Gasteiger partial charge in [0.25, 0.3) is 0 Å². The van der Waals surface area contributed by atoms with Crippen LogP contribution in [-0.4, -0.2) is 17.1 Å². The van der Waals surface area contributed by atoms with Crippen LogP contribution in [0.2, 0.25) is 0 Å². The van der Waals surface area contributed by atoms with Crippen LogP contribution in [0, 0.1) is 5.92 Å². The highest BCUT2D eigenvalue weighted by atomic mass is 16.4. The van der Waals surface area contributed by atoms with Crippen LogP contribution in [0.3, 0.4) is 0 Å². The van der Waals surface area contributed by atoms with Crippen LogP contribution in [0.15, 0.2) is 5.16 Å². The minimum Gasteiger partial charge on any atom is -0.409 e. The molecule has 1 fully saturated rings. The van der Waals surface area contributed by atoms with E-state index in [4.69, 9.17) is 16.7 Å². The van der Waals surface area contributed by atoms with E-state index in [-0.39, 0.29) is 11.9 Å². The average Bonchev–Trinajstić information content (AvgIpc) is 2.66. The van der Waals surface area contributed by atoms with E-state index in [1.54, 1.807) is 0 Å². The van der Waals surface area contributed by atoms with Gasteiger partial charge in [-0.25, -0.2) is 0 Å². The van der Waals surface area contributed by atoms with Crippen molar-refractivity contribution in [2.45, 2.75) is 18.9 Å². The molecule has 0 aromatic carbocycles. The summed E-state index contributed by atoms with van der Waals surface area (Å²) in [5.41, 5.74) is 10.7. The van der Waals surface area contributed by atoms with Crippen molar-refractivity contribution in [3.05, 3.63) is 0 Å². The Bertz CT molecular complexity index is 130. The molecule has 0 aliphatic heterocycles. The molecule has 1 unspecified atom stereocenters. The SMILES string of the molecule is N/C(=N\O)C(N)C1CC1. The van der Waals surface area contributed by atoms with Gasteiger partial charge in [0.05, 0.1) is 6.04 Å². The summed E-state index contributed by atoms with van der Waals surface area (Å²) in [6, 6.07) is -0.227. The van der Waals surface area contributed by atoms with Crippen LogP contribution in [0.1, 0.15) is 12.8 Å². The second kappa shape index (κ2) is 2.23.